The number of anilines is 1. The minimum atomic E-state index is -0.242. The van der Waals surface area contributed by atoms with Crippen LogP contribution in [0.15, 0.2) is 18.7 Å². The quantitative estimate of drug-likeness (QED) is 0.870. The first-order valence-corrected chi connectivity index (χ1v) is 5.78. The number of hydrogen-bond acceptors (Lipinski definition) is 4. The lowest BCUT2D eigenvalue weighted by Gasteiger charge is -2.00. The second kappa shape index (κ2) is 4.44. The Kier molecular flexibility index (Phi) is 3.00. The summed E-state index contributed by atoms with van der Waals surface area (Å²) in [5.41, 5.74) is 1.03. The highest BCUT2D eigenvalue weighted by Gasteiger charge is 2.09. The maximum absolute atomic E-state index is 11.7. The normalized spacial score (nSPS) is 10.4. The lowest BCUT2D eigenvalue weighted by molar-refractivity contribution is 0.253. The molecule has 16 heavy (non-hydrogen) atoms. The highest BCUT2D eigenvalue weighted by molar-refractivity contribution is 7.15. The van der Waals surface area contributed by atoms with E-state index in [4.69, 9.17) is 0 Å². The van der Waals surface area contributed by atoms with Crippen LogP contribution in [-0.2, 0) is 6.42 Å². The Hall–Kier alpha value is -1.69. The van der Waals surface area contributed by atoms with Crippen LogP contribution in [0.5, 0.6) is 0 Å². The number of thiazole rings is 1. The molecule has 0 aliphatic carbocycles. The molecule has 0 radical (unpaired) electrons. The van der Waals surface area contributed by atoms with Gasteiger partial charge in [0.05, 0.1) is 5.69 Å². The van der Waals surface area contributed by atoms with E-state index in [0.29, 0.717) is 5.13 Å². The minimum Gasteiger partial charge on any atom is -0.283 e. The number of hydrogen-bond donors (Lipinski definition) is 1. The molecule has 2 heterocycles. The maximum Gasteiger partial charge on any atom is 0.333 e. The van der Waals surface area contributed by atoms with Gasteiger partial charge in [0.15, 0.2) is 5.13 Å². The third-order valence-corrected chi connectivity index (χ3v) is 3.11. The molecule has 0 bridgehead atoms. The van der Waals surface area contributed by atoms with E-state index in [1.165, 1.54) is 22.2 Å². The highest BCUT2D eigenvalue weighted by atomic mass is 32.1. The average Bonchev–Trinajstić information content (AvgIpc) is 2.87. The first-order valence-electron chi connectivity index (χ1n) is 4.96. The van der Waals surface area contributed by atoms with Crippen molar-refractivity contribution in [2.75, 3.05) is 5.32 Å². The van der Waals surface area contributed by atoms with Crippen LogP contribution in [0.1, 0.15) is 17.5 Å². The van der Waals surface area contributed by atoms with E-state index in [0.717, 1.165) is 17.0 Å². The fourth-order valence-electron chi connectivity index (χ4n) is 1.34. The van der Waals surface area contributed by atoms with Crippen LogP contribution in [0, 0.1) is 6.92 Å². The molecule has 84 valence electrons. The molecule has 2 rings (SSSR count). The van der Waals surface area contributed by atoms with Crippen LogP contribution >= 0.6 is 11.3 Å². The first-order chi connectivity index (χ1) is 7.70. The van der Waals surface area contributed by atoms with Gasteiger partial charge in [-0.25, -0.2) is 14.8 Å². The summed E-state index contributed by atoms with van der Waals surface area (Å²) < 4.78 is 1.38. The van der Waals surface area contributed by atoms with E-state index in [-0.39, 0.29) is 6.03 Å². The third kappa shape index (κ3) is 2.11. The van der Waals surface area contributed by atoms with Gasteiger partial charge in [-0.05, 0) is 13.3 Å². The van der Waals surface area contributed by atoms with Crippen LogP contribution in [-0.4, -0.2) is 20.6 Å². The van der Waals surface area contributed by atoms with Gasteiger partial charge in [0.1, 0.15) is 6.33 Å². The monoisotopic (exact) mass is 236 g/mol. The Bertz CT molecular complexity index is 489. The molecule has 5 nitrogen and oxygen atoms in total. The van der Waals surface area contributed by atoms with Crippen molar-refractivity contribution >= 4 is 22.5 Å². The molecule has 0 aliphatic rings. The molecule has 0 spiro atoms. The maximum atomic E-state index is 11.7. The summed E-state index contributed by atoms with van der Waals surface area (Å²) in [4.78, 5) is 20.9. The Morgan fingerprint density at radius 1 is 1.62 bits per heavy atom. The van der Waals surface area contributed by atoms with Crippen molar-refractivity contribution in [3.8, 4) is 0 Å². The van der Waals surface area contributed by atoms with Crippen LogP contribution in [0.3, 0.4) is 0 Å². The fourth-order valence-corrected chi connectivity index (χ4v) is 2.24. The largest absolute Gasteiger partial charge is 0.333 e. The van der Waals surface area contributed by atoms with Crippen LogP contribution in [0.2, 0.25) is 0 Å². The summed E-state index contributed by atoms with van der Waals surface area (Å²) >= 11 is 1.49. The predicted molar refractivity (Wildman–Crippen MR) is 62.9 cm³/mol. The van der Waals surface area contributed by atoms with E-state index < -0.39 is 0 Å². The molecule has 0 saturated carbocycles. The second-order valence-electron chi connectivity index (χ2n) is 3.28. The van der Waals surface area contributed by atoms with Crippen LogP contribution in [0.25, 0.3) is 0 Å². The number of aryl methyl sites for hydroxylation is 2. The van der Waals surface area contributed by atoms with Crippen LogP contribution < -0.4 is 5.32 Å². The number of aromatic nitrogens is 3. The van der Waals surface area contributed by atoms with Crippen molar-refractivity contribution in [3.05, 3.63) is 29.3 Å². The Labute approximate surface area is 97.2 Å². The summed E-state index contributed by atoms with van der Waals surface area (Å²) in [6, 6.07) is -0.242. The Morgan fingerprint density at radius 2 is 2.44 bits per heavy atom. The lowest BCUT2D eigenvalue weighted by Crippen LogP contribution is -2.17. The van der Waals surface area contributed by atoms with E-state index in [9.17, 15) is 4.79 Å². The zero-order valence-corrected chi connectivity index (χ0v) is 9.91. The van der Waals surface area contributed by atoms with Crippen molar-refractivity contribution in [3.63, 3.8) is 0 Å². The number of amides is 1. The standard InChI is InChI=1S/C10H12N4OS/c1-3-8-7(2)16-9(12-8)13-10(15)14-5-4-11-6-14/h4-6H,3H2,1-2H3,(H,12,13,15). The first kappa shape index (κ1) is 10.8. The van der Waals surface area contributed by atoms with Gasteiger partial charge in [0, 0.05) is 17.3 Å². The highest BCUT2D eigenvalue weighted by Crippen LogP contribution is 2.22. The van der Waals surface area contributed by atoms with Gasteiger partial charge >= 0.3 is 6.03 Å². The number of carbonyl (C=O) groups excluding carboxylic acids is 1. The molecule has 2 aromatic heterocycles. The number of nitrogens with one attached hydrogen (secondary N) is 1. The fraction of sp³-hybridized carbons (Fsp3) is 0.300. The zero-order chi connectivity index (χ0) is 11.5. The van der Waals surface area contributed by atoms with Gasteiger partial charge in [-0.3, -0.25) is 9.88 Å². The van der Waals surface area contributed by atoms with Gasteiger partial charge < -0.3 is 0 Å². The molecule has 0 saturated heterocycles. The number of rotatable bonds is 2. The average molecular weight is 236 g/mol. The van der Waals surface area contributed by atoms with E-state index in [1.54, 1.807) is 12.4 Å². The van der Waals surface area contributed by atoms with Gasteiger partial charge in [-0.1, -0.05) is 6.92 Å². The summed E-state index contributed by atoms with van der Waals surface area (Å²) in [5.74, 6) is 0. The molecule has 1 N–H and O–H groups in total. The molecule has 0 fully saturated rings. The molecular formula is C10H12N4OS. The van der Waals surface area contributed by atoms with Gasteiger partial charge in [0.2, 0.25) is 0 Å². The topological polar surface area (TPSA) is 59.8 Å². The van der Waals surface area contributed by atoms with Crippen LogP contribution in [0.4, 0.5) is 9.93 Å². The van der Waals surface area contributed by atoms with Crippen molar-refractivity contribution in [1.82, 2.24) is 14.5 Å². The molecule has 1 amide bonds. The molecule has 0 unspecified atom stereocenters. The van der Waals surface area contributed by atoms with Gasteiger partial charge in [0.25, 0.3) is 0 Å². The molecule has 0 atom stereocenters. The Balaban J connectivity index is 2.12. The zero-order valence-electron chi connectivity index (χ0n) is 9.10. The van der Waals surface area contributed by atoms with E-state index in [2.05, 4.69) is 15.3 Å². The van der Waals surface area contributed by atoms with Crippen molar-refractivity contribution in [1.29, 1.82) is 0 Å². The number of imidazole rings is 1. The molecule has 6 heteroatoms. The minimum absolute atomic E-state index is 0.242. The van der Waals surface area contributed by atoms with Crippen molar-refractivity contribution in [2.45, 2.75) is 20.3 Å². The van der Waals surface area contributed by atoms with Crippen molar-refractivity contribution < 1.29 is 4.79 Å². The number of nitrogens with zero attached hydrogens (tertiary/aromatic N) is 3. The molecule has 0 aliphatic heterocycles. The third-order valence-electron chi connectivity index (χ3n) is 2.18. The van der Waals surface area contributed by atoms with Gasteiger partial charge in [-0.15, -0.1) is 11.3 Å². The summed E-state index contributed by atoms with van der Waals surface area (Å²) in [6.07, 6.45) is 5.49. The van der Waals surface area contributed by atoms with E-state index in [1.807, 2.05) is 13.8 Å². The van der Waals surface area contributed by atoms with Gasteiger partial charge in [-0.2, -0.15) is 0 Å². The summed E-state index contributed by atoms with van der Waals surface area (Å²) in [5, 5.41) is 3.36. The molecule has 0 aromatic carbocycles. The SMILES string of the molecule is CCc1nc(NC(=O)n2ccnc2)sc1C. The molecule has 2 aromatic rings. The Morgan fingerprint density at radius 3 is 3.00 bits per heavy atom. The predicted octanol–water partition coefficient (Wildman–Crippen LogP) is 2.29. The summed E-state index contributed by atoms with van der Waals surface area (Å²) in [7, 11) is 0. The summed E-state index contributed by atoms with van der Waals surface area (Å²) in [6.45, 7) is 4.05. The smallest absolute Gasteiger partial charge is 0.283 e. The second-order valence-corrected chi connectivity index (χ2v) is 4.48. The lowest BCUT2D eigenvalue weighted by atomic mass is 10.3. The molecular weight excluding hydrogens is 224 g/mol. The van der Waals surface area contributed by atoms with E-state index >= 15 is 0 Å². The van der Waals surface area contributed by atoms with Crippen molar-refractivity contribution in [2.24, 2.45) is 0 Å². The number of carbonyl (C=O) groups is 1.